The third-order valence-corrected chi connectivity index (χ3v) is 4.00. The molecule has 17 heavy (non-hydrogen) atoms. The summed E-state index contributed by atoms with van der Waals surface area (Å²) in [4.78, 5) is 16.4. The lowest BCUT2D eigenvalue weighted by atomic mass is 10.1. The maximum Gasteiger partial charge on any atom is 0.224 e. The molecule has 0 aromatic rings. The second kappa shape index (κ2) is 5.83. The Morgan fingerprint density at radius 3 is 2.35 bits per heavy atom. The Hall–Kier alpha value is -0.610. The van der Waals surface area contributed by atoms with Crippen LogP contribution in [-0.4, -0.2) is 54.0 Å². The van der Waals surface area contributed by atoms with Crippen molar-refractivity contribution >= 4 is 5.91 Å². The summed E-state index contributed by atoms with van der Waals surface area (Å²) in [6, 6.07) is 0.774. The third-order valence-electron chi connectivity index (χ3n) is 4.00. The fraction of sp³-hybridized carbons (Fsp3) is 0.923. The molecule has 2 rings (SSSR count). The van der Waals surface area contributed by atoms with Crippen LogP contribution in [0.4, 0.5) is 0 Å². The summed E-state index contributed by atoms with van der Waals surface area (Å²) in [5.41, 5.74) is 5.67. The fourth-order valence-corrected chi connectivity index (χ4v) is 3.01. The number of hydrogen-bond acceptors (Lipinski definition) is 3. The van der Waals surface area contributed by atoms with Gasteiger partial charge >= 0.3 is 0 Å². The van der Waals surface area contributed by atoms with Crippen LogP contribution in [0.3, 0.4) is 0 Å². The van der Waals surface area contributed by atoms with E-state index >= 15 is 0 Å². The highest BCUT2D eigenvalue weighted by Gasteiger charge is 2.27. The molecule has 0 radical (unpaired) electrons. The van der Waals surface area contributed by atoms with Crippen LogP contribution >= 0.6 is 0 Å². The summed E-state index contributed by atoms with van der Waals surface area (Å²) < 4.78 is 0. The number of amides is 1. The highest BCUT2D eigenvalue weighted by molar-refractivity contribution is 5.76. The molecule has 2 N–H and O–H groups in total. The number of nitrogens with zero attached hydrogens (tertiary/aromatic N) is 2. The first-order valence-corrected chi connectivity index (χ1v) is 6.94. The molecule has 98 valence electrons. The summed E-state index contributed by atoms with van der Waals surface area (Å²) in [6.07, 6.45) is 5.97. The van der Waals surface area contributed by atoms with Crippen molar-refractivity contribution in [3.05, 3.63) is 0 Å². The van der Waals surface area contributed by atoms with Crippen LogP contribution in [0.5, 0.6) is 0 Å². The molecule has 1 saturated carbocycles. The first-order valence-electron chi connectivity index (χ1n) is 6.94. The van der Waals surface area contributed by atoms with Crippen molar-refractivity contribution in [2.75, 3.05) is 26.2 Å². The molecular weight excluding hydrogens is 214 g/mol. The number of carbonyl (C=O) groups is 1. The SMILES string of the molecule is CC(N)CC(=O)N1CCN(C2CCCC2)CC1. The van der Waals surface area contributed by atoms with Crippen LogP contribution in [0, 0.1) is 0 Å². The minimum Gasteiger partial charge on any atom is -0.340 e. The maximum atomic E-state index is 11.9. The van der Waals surface area contributed by atoms with E-state index in [1.54, 1.807) is 0 Å². The zero-order chi connectivity index (χ0) is 12.3. The van der Waals surface area contributed by atoms with E-state index in [-0.39, 0.29) is 11.9 Å². The quantitative estimate of drug-likeness (QED) is 0.793. The molecule has 1 aliphatic carbocycles. The molecule has 0 spiro atoms. The molecule has 4 heteroatoms. The lowest BCUT2D eigenvalue weighted by molar-refractivity contribution is -0.133. The number of rotatable bonds is 3. The normalized spacial score (nSPS) is 25.2. The van der Waals surface area contributed by atoms with E-state index in [4.69, 9.17) is 5.73 Å². The van der Waals surface area contributed by atoms with Gasteiger partial charge in [0.05, 0.1) is 0 Å². The Morgan fingerprint density at radius 1 is 1.24 bits per heavy atom. The van der Waals surface area contributed by atoms with Crippen LogP contribution in [-0.2, 0) is 4.79 Å². The Morgan fingerprint density at radius 2 is 1.82 bits per heavy atom. The molecule has 4 nitrogen and oxygen atoms in total. The van der Waals surface area contributed by atoms with Crippen molar-refractivity contribution in [3.63, 3.8) is 0 Å². The van der Waals surface area contributed by atoms with Gasteiger partial charge in [0.1, 0.15) is 0 Å². The zero-order valence-electron chi connectivity index (χ0n) is 10.9. The maximum absolute atomic E-state index is 11.9. The van der Waals surface area contributed by atoms with E-state index in [0.717, 1.165) is 32.2 Å². The second-order valence-corrected chi connectivity index (χ2v) is 5.54. The standard InChI is InChI=1S/C13H25N3O/c1-11(14)10-13(17)16-8-6-15(7-9-16)12-4-2-3-5-12/h11-12H,2-10,14H2,1H3. The van der Waals surface area contributed by atoms with Gasteiger partial charge in [0.2, 0.25) is 5.91 Å². The average Bonchev–Trinajstić information content (AvgIpc) is 2.82. The van der Waals surface area contributed by atoms with Gasteiger partial charge in [0.15, 0.2) is 0 Å². The first-order chi connectivity index (χ1) is 8.16. The number of nitrogens with two attached hydrogens (primary N) is 1. The van der Waals surface area contributed by atoms with Crippen LogP contribution in [0.25, 0.3) is 0 Å². The summed E-state index contributed by atoms with van der Waals surface area (Å²) >= 11 is 0. The van der Waals surface area contributed by atoms with Gasteiger partial charge in [-0.05, 0) is 19.8 Å². The van der Waals surface area contributed by atoms with Gasteiger partial charge in [-0.15, -0.1) is 0 Å². The fourth-order valence-electron chi connectivity index (χ4n) is 3.01. The molecule has 2 fully saturated rings. The van der Waals surface area contributed by atoms with Crippen molar-refractivity contribution in [1.29, 1.82) is 0 Å². The second-order valence-electron chi connectivity index (χ2n) is 5.54. The Labute approximate surface area is 104 Å². The minimum absolute atomic E-state index is 0.0182. The molecule has 0 aromatic carbocycles. The first kappa shape index (κ1) is 12.8. The lowest BCUT2D eigenvalue weighted by Crippen LogP contribution is -2.52. The summed E-state index contributed by atoms with van der Waals surface area (Å²) in [6.45, 7) is 5.78. The summed E-state index contributed by atoms with van der Waals surface area (Å²) in [7, 11) is 0. The number of hydrogen-bond donors (Lipinski definition) is 1. The minimum atomic E-state index is -0.0182. The van der Waals surface area contributed by atoms with Gasteiger partial charge < -0.3 is 10.6 Å². The predicted octanol–water partition coefficient (Wildman–Crippen LogP) is 0.811. The van der Waals surface area contributed by atoms with Gasteiger partial charge in [0.25, 0.3) is 0 Å². The van der Waals surface area contributed by atoms with Crippen molar-refractivity contribution < 1.29 is 4.79 Å². The highest BCUT2D eigenvalue weighted by atomic mass is 16.2. The number of piperazine rings is 1. The molecule has 1 aliphatic heterocycles. The van der Waals surface area contributed by atoms with Crippen LogP contribution in [0.15, 0.2) is 0 Å². The molecule has 1 atom stereocenters. The van der Waals surface area contributed by atoms with Crippen molar-refractivity contribution in [3.8, 4) is 0 Å². The van der Waals surface area contributed by atoms with E-state index in [0.29, 0.717) is 6.42 Å². The Kier molecular flexibility index (Phi) is 4.40. The largest absolute Gasteiger partial charge is 0.340 e. The molecule has 2 aliphatic rings. The highest BCUT2D eigenvalue weighted by Crippen LogP contribution is 2.24. The Balaban J connectivity index is 1.75. The van der Waals surface area contributed by atoms with Crippen LogP contribution in [0.1, 0.15) is 39.0 Å². The van der Waals surface area contributed by atoms with Gasteiger partial charge in [-0.2, -0.15) is 0 Å². The van der Waals surface area contributed by atoms with Crippen molar-refractivity contribution in [2.24, 2.45) is 5.73 Å². The van der Waals surface area contributed by atoms with E-state index < -0.39 is 0 Å². The monoisotopic (exact) mass is 239 g/mol. The van der Waals surface area contributed by atoms with Crippen LogP contribution in [0.2, 0.25) is 0 Å². The van der Waals surface area contributed by atoms with Gasteiger partial charge in [0, 0.05) is 44.7 Å². The molecule has 1 unspecified atom stereocenters. The molecule has 0 aromatic heterocycles. The molecule has 0 bridgehead atoms. The average molecular weight is 239 g/mol. The molecule has 1 heterocycles. The topological polar surface area (TPSA) is 49.6 Å². The Bertz CT molecular complexity index is 253. The van der Waals surface area contributed by atoms with Gasteiger partial charge in [-0.3, -0.25) is 9.69 Å². The number of carbonyl (C=O) groups excluding carboxylic acids is 1. The lowest BCUT2D eigenvalue weighted by Gasteiger charge is -2.38. The van der Waals surface area contributed by atoms with E-state index in [9.17, 15) is 4.79 Å². The van der Waals surface area contributed by atoms with Gasteiger partial charge in [-0.1, -0.05) is 12.8 Å². The molecular formula is C13H25N3O. The van der Waals surface area contributed by atoms with Gasteiger partial charge in [-0.25, -0.2) is 0 Å². The molecule has 1 amide bonds. The third kappa shape index (κ3) is 3.42. The van der Waals surface area contributed by atoms with Crippen molar-refractivity contribution in [2.45, 2.75) is 51.1 Å². The van der Waals surface area contributed by atoms with E-state index in [1.807, 2.05) is 11.8 Å². The van der Waals surface area contributed by atoms with E-state index in [2.05, 4.69) is 4.90 Å². The zero-order valence-corrected chi connectivity index (χ0v) is 10.9. The smallest absolute Gasteiger partial charge is 0.224 e. The summed E-state index contributed by atoms with van der Waals surface area (Å²) in [5.74, 6) is 0.228. The van der Waals surface area contributed by atoms with Crippen molar-refractivity contribution in [1.82, 2.24) is 9.80 Å². The molecule has 1 saturated heterocycles. The van der Waals surface area contributed by atoms with E-state index in [1.165, 1.54) is 25.7 Å². The predicted molar refractivity (Wildman–Crippen MR) is 68.7 cm³/mol. The van der Waals surface area contributed by atoms with Crippen LogP contribution < -0.4 is 5.73 Å². The summed E-state index contributed by atoms with van der Waals surface area (Å²) in [5, 5.41) is 0.